The molecule has 1 fully saturated rings. The molecule has 0 unspecified atom stereocenters. The van der Waals surface area contributed by atoms with Crippen LogP contribution in [0.15, 0.2) is 28.6 Å². The Morgan fingerprint density at radius 1 is 1.25 bits per heavy atom. The van der Waals surface area contributed by atoms with E-state index in [9.17, 15) is 19.3 Å². The first-order valence-electron chi connectivity index (χ1n) is 6.53. The van der Waals surface area contributed by atoms with Crippen LogP contribution in [0.1, 0.15) is 0 Å². The smallest absolute Gasteiger partial charge is 0.355 e. The van der Waals surface area contributed by atoms with E-state index in [1.807, 2.05) is 0 Å². The number of amides is 2. The summed E-state index contributed by atoms with van der Waals surface area (Å²) in [7, 11) is 1.09. The van der Waals surface area contributed by atoms with Gasteiger partial charge in [0.25, 0.3) is 5.91 Å². The number of fused-ring (bicyclic) bond motifs is 1. The van der Waals surface area contributed by atoms with Gasteiger partial charge in [-0.15, -0.1) is 15.1 Å². The molecule has 0 aromatic heterocycles. The number of esters is 1. The zero-order valence-electron chi connectivity index (χ0n) is 12.0. The molecule has 9 nitrogen and oxygen atoms in total. The summed E-state index contributed by atoms with van der Waals surface area (Å²) >= 11 is 11.7. The number of nitrogens with zero attached hydrogens (tertiary/aromatic N) is 4. The summed E-state index contributed by atoms with van der Waals surface area (Å²) < 4.78 is 4.53. The number of carbonyl (C=O) groups is 3. The van der Waals surface area contributed by atoms with Crippen LogP contribution in [-0.4, -0.2) is 41.8 Å². The number of imide groups is 1. The molecule has 1 aromatic carbocycles. The summed E-state index contributed by atoms with van der Waals surface area (Å²) in [6, 6.07) is 2.82. The van der Waals surface area contributed by atoms with Crippen LogP contribution in [-0.2, 0) is 19.1 Å². The second-order valence-electron chi connectivity index (χ2n) is 4.91. The van der Waals surface area contributed by atoms with Crippen LogP contribution in [0.4, 0.5) is 5.69 Å². The van der Waals surface area contributed by atoms with Crippen LogP contribution in [0.2, 0.25) is 10.0 Å². The van der Waals surface area contributed by atoms with Gasteiger partial charge < -0.3 is 4.74 Å². The fourth-order valence-corrected chi connectivity index (χ4v) is 2.90. The highest BCUT2D eigenvalue weighted by Crippen LogP contribution is 2.37. The van der Waals surface area contributed by atoms with E-state index in [0.717, 1.165) is 12.0 Å². The predicted molar refractivity (Wildman–Crippen MR) is 83.3 cm³/mol. The SMILES string of the molecule is COC(=O)C1=NN(N=O)[C@H]2C(=O)N(c3ccc(Cl)c(Cl)c3)C(=O)[C@@H]12. The largest absolute Gasteiger partial charge is 0.464 e. The normalized spacial score (nSPS) is 22.5. The molecule has 124 valence electrons. The lowest BCUT2D eigenvalue weighted by molar-refractivity contribution is -0.133. The number of methoxy groups -OCH3 is 1. The molecule has 11 heteroatoms. The minimum Gasteiger partial charge on any atom is -0.464 e. The summed E-state index contributed by atoms with van der Waals surface area (Å²) in [6.45, 7) is 0. The maximum Gasteiger partial charge on any atom is 0.355 e. The molecule has 0 saturated carbocycles. The van der Waals surface area contributed by atoms with E-state index in [0.29, 0.717) is 5.12 Å². The van der Waals surface area contributed by atoms with E-state index in [1.165, 1.54) is 18.2 Å². The Morgan fingerprint density at radius 2 is 1.96 bits per heavy atom. The first kappa shape index (κ1) is 16.3. The van der Waals surface area contributed by atoms with Gasteiger partial charge in [-0.05, 0) is 18.2 Å². The molecule has 1 saturated heterocycles. The van der Waals surface area contributed by atoms with Gasteiger partial charge in [-0.3, -0.25) is 9.59 Å². The van der Waals surface area contributed by atoms with Gasteiger partial charge in [-0.2, -0.15) is 0 Å². The van der Waals surface area contributed by atoms with Gasteiger partial charge in [0.2, 0.25) is 5.91 Å². The molecule has 2 heterocycles. The van der Waals surface area contributed by atoms with Crippen molar-refractivity contribution in [1.29, 1.82) is 0 Å². The Balaban J connectivity index is 2.05. The average molecular weight is 371 g/mol. The van der Waals surface area contributed by atoms with Crippen LogP contribution in [0.25, 0.3) is 0 Å². The van der Waals surface area contributed by atoms with Gasteiger partial charge in [-0.25, -0.2) is 9.69 Å². The highest BCUT2D eigenvalue weighted by Gasteiger charge is 2.59. The lowest BCUT2D eigenvalue weighted by Gasteiger charge is -2.17. The van der Waals surface area contributed by atoms with Gasteiger partial charge in [-0.1, -0.05) is 23.2 Å². The molecule has 0 radical (unpaired) electrons. The summed E-state index contributed by atoms with van der Waals surface area (Å²) in [4.78, 5) is 48.7. The minimum atomic E-state index is -1.33. The van der Waals surface area contributed by atoms with Gasteiger partial charge in [0.1, 0.15) is 5.92 Å². The van der Waals surface area contributed by atoms with E-state index in [-0.39, 0.29) is 21.4 Å². The van der Waals surface area contributed by atoms with Crippen LogP contribution in [0.3, 0.4) is 0 Å². The zero-order valence-corrected chi connectivity index (χ0v) is 13.5. The molecular weight excluding hydrogens is 363 g/mol. The number of carbonyl (C=O) groups excluding carboxylic acids is 3. The van der Waals surface area contributed by atoms with Crippen LogP contribution in [0.5, 0.6) is 0 Å². The van der Waals surface area contributed by atoms with Crippen molar-refractivity contribution in [3.8, 4) is 0 Å². The first-order valence-corrected chi connectivity index (χ1v) is 7.28. The Labute approximate surface area is 144 Å². The Kier molecular flexibility index (Phi) is 3.98. The fourth-order valence-electron chi connectivity index (χ4n) is 2.61. The quantitative estimate of drug-likeness (QED) is 0.451. The standard InChI is InChI=1S/C13H8Cl2N4O5/c1-24-13(22)9-8-10(19(16-9)17-23)12(21)18(11(8)20)5-2-3-6(14)7(15)4-5/h2-4,8,10H,1H3/t8-,10+/m0/s1. The van der Waals surface area contributed by atoms with Crippen molar-refractivity contribution >= 4 is 52.4 Å². The van der Waals surface area contributed by atoms with Crippen molar-refractivity contribution in [1.82, 2.24) is 5.12 Å². The van der Waals surface area contributed by atoms with E-state index >= 15 is 0 Å². The second kappa shape index (κ2) is 5.84. The molecule has 2 aliphatic heterocycles. The third kappa shape index (κ3) is 2.24. The number of benzene rings is 1. The molecule has 0 spiro atoms. The molecule has 1 aromatic rings. The Morgan fingerprint density at radius 3 is 2.54 bits per heavy atom. The molecule has 0 aliphatic carbocycles. The third-order valence-electron chi connectivity index (χ3n) is 3.67. The van der Waals surface area contributed by atoms with E-state index < -0.39 is 29.7 Å². The van der Waals surface area contributed by atoms with Crippen molar-refractivity contribution < 1.29 is 19.1 Å². The van der Waals surface area contributed by atoms with Crippen LogP contribution in [0, 0.1) is 10.8 Å². The number of rotatable bonds is 3. The lowest BCUT2D eigenvalue weighted by Crippen LogP contribution is -2.36. The highest BCUT2D eigenvalue weighted by molar-refractivity contribution is 6.47. The molecule has 2 amide bonds. The summed E-state index contributed by atoms with van der Waals surface area (Å²) in [5.41, 5.74) is -0.202. The maximum absolute atomic E-state index is 12.7. The number of hydrogen-bond donors (Lipinski definition) is 0. The average Bonchev–Trinajstić information content (AvgIpc) is 3.07. The molecular formula is C13H8Cl2N4O5. The number of hydrogen-bond acceptors (Lipinski definition) is 7. The fraction of sp³-hybridized carbons (Fsp3) is 0.231. The van der Waals surface area contributed by atoms with E-state index in [1.54, 1.807) is 0 Å². The Hall–Kier alpha value is -2.52. The second-order valence-corrected chi connectivity index (χ2v) is 5.73. The van der Waals surface area contributed by atoms with Crippen molar-refractivity contribution in [2.75, 3.05) is 12.0 Å². The van der Waals surface area contributed by atoms with Crippen LogP contribution >= 0.6 is 23.2 Å². The summed E-state index contributed by atoms with van der Waals surface area (Å²) in [6.07, 6.45) is 0. The molecule has 24 heavy (non-hydrogen) atoms. The minimum absolute atomic E-state index is 0.138. The topological polar surface area (TPSA) is 109 Å². The van der Waals surface area contributed by atoms with Gasteiger partial charge in [0, 0.05) is 0 Å². The number of ether oxygens (including phenoxy) is 1. The van der Waals surface area contributed by atoms with E-state index in [4.69, 9.17) is 23.2 Å². The first-order chi connectivity index (χ1) is 11.4. The number of hydrazone groups is 1. The third-order valence-corrected chi connectivity index (χ3v) is 4.41. The van der Waals surface area contributed by atoms with Gasteiger partial charge in [0.05, 0.1) is 28.1 Å². The zero-order chi connectivity index (χ0) is 17.6. The summed E-state index contributed by atoms with van der Waals surface area (Å²) in [5, 5.41) is 7.06. The van der Waals surface area contributed by atoms with Crippen molar-refractivity contribution in [2.24, 2.45) is 16.3 Å². The van der Waals surface area contributed by atoms with E-state index in [2.05, 4.69) is 15.1 Å². The van der Waals surface area contributed by atoms with Crippen molar-refractivity contribution in [2.45, 2.75) is 6.04 Å². The van der Waals surface area contributed by atoms with Crippen molar-refractivity contribution in [3.63, 3.8) is 0 Å². The number of nitroso groups, excluding NO2 is 1. The predicted octanol–water partition coefficient (Wildman–Crippen LogP) is 1.38. The lowest BCUT2D eigenvalue weighted by atomic mass is 9.98. The van der Waals surface area contributed by atoms with Gasteiger partial charge >= 0.3 is 5.97 Å². The maximum atomic E-state index is 12.7. The highest BCUT2D eigenvalue weighted by atomic mass is 35.5. The number of halogens is 2. The van der Waals surface area contributed by atoms with Gasteiger partial charge in [0.15, 0.2) is 11.8 Å². The van der Waals surface area contributed by atoms with Crippen LogP contribution < -0.4 is 4.90 Å². The molecule has 0 bridgehead atoms. The molecule has 0 N–H and O–H groups in total. The molecule has 2 atom stereocenters. The molecule has 2 aliphatic rings. The number of anilines is 1. The Bertz CT molecular complexity index is 812. The van der Waals surface area contributed by atoms with Crippen molar-refractivity contribution in [3.05, 3.63) is 33.2 Å². The molecule has 3 rings (SSSR count). The summed E-state index contributed by atoms with van der Waals surface area (Å²) in [5.74, 6) is -3.70. The monoisotopic (exact) mass is 370 g/mol.